The van der Waals surface area contributed by atoms with Gasteiger partial charge in [0.15, 0.2) is 11.5 Å². The molecular formula is C24H24N10. The minimum atomic E-state index is 0.319. The van der Waals surface area contributed by atoms with Gasteiger partial charge in [-0.3, -0.25) is 4.98 Å². The minimum absolute atomic E-state index is 0.319. The van der Waals surface area contributed by atoms with Crippen LogP contribution in [0.3, 0.4) is 0 Å². The molecule has 4 heterocycles. The Hall–Kier alpha value is -4.18. The van der Waals surface area contributed by atoms with E-state index in [0.29, 0.717) is 23.8 Å². The van der Waals surface area contributed by atoms with Gasteiger partial charge in [0.2, 0.25) is 5.95 Å². The number of anilines is 3. The molecule has 1 aliphatic rings. The van der Waals surface area contributed by atoms with Crippen LogP contribution in [0, 0.1) is 0 Å². The van der Waals surface area contributed by atoms with Crippen molar-refractivity contribution >= 4 is 34.3 Å². The Morgan fingerprint density at radius 3 is 2.41 bits per heavy atom. The lowest BCUT2D eigenvalue weighted by molar-refractivity contribution is 0.410. The predicted molar refractivity (Wildman–Crippen MR) is 131 cm³/mol. The number of para-hydroxylation sites is 2. The fraction of sp³-hybridized carbons (Fsp3) is 0.250. The fourth-order valence-electron chi connectivity index (χ4n) is 4.28. The van der Waals surface area contributed by atoms with Gasteiger partial charge in [0.25, 0.3) is 0 Å². The highest BCUT2D eigenvalue weighted by atomic mass is 15.3. The second kappa shape index (κ2) is 8.64. The number of hydrogen-bond donors (Lipinski definition) is 3. The average Bonchev–Trinajstić information content (AvgIpc) is 3.29. The maximum atomic E-state index is 6.03. The topological polar surface area (TPSA) is 132 Å². The normalized spacial score (nSPS) is 18.3. The van der Waals surface area contributed by atoms with Crippen LogP contribution in [-0.2, 0) is 0 Å². The SMILES string of the molecule is N[C@H]1CC[C@H](Nc2ccc3ncc(-c4cnc(Nc5cnc6ccccc6n5)nc4)n3n2)CC1. The van der Waals surface area contributed by atoms with Gasteiger partial charge in [0.05, 0.1) is 29.1 Å². The van der Waals surface area contributed by atoms with Crippen LogP contribution in [0.15, 0.2) is 61.2 Å². The number of nitrogens with zero attached hydrogens (tertiary/aromatic N) is 7. The number of nitrogens with one attached hydrogen (secondary N) is 2. The van der Waals surface area contributed by atoms with E-state index < -0.39 is 0 Å². The van der Waals surface area contributed by atoms with Crippen molar-refractivity contribution in [3.63, 3.8) is 0 Å². The fourth-order valence-corrected chi connectivity index (χ4v) is 4.28. The highest BCUT2D eigenvalue weighted by Gasteiger charge is 2.19. The molecule has 4 aromatic heterocycles. The van der Waals surface area contributed by atoms with Crippen molar-refractivity contribution in [2.24, 2.45) is 5.73 Å². The Morgan fingerprint density at radius 2 is 1.59 bits per heavy atom. The van der Waals surface area contributed by atoms with Crippen molar-refractivity contribution in [1.29, 1.82) is 0 Å². The van der Waals surface area contributed by atoms with E-state index in [1.165, 1.54) is 0 Å². The summed E-state index contributed by atoms with van der Waals surface area (Å²) in [7, 11) is 0. The van der Waals surface area contributed by atoms with Crippen LogP contribution in [0.1, 0.15) is 25.7 Å². The molecule has 1 saturated carbocycles. The van der Waals surface area contributed by atoms with E-state index in [-0.39, 0.29) is 0 Å². The average molecular weight is 453 g/mol. The van der Waals surface area contributed by atoms with E-state index in [0.717, 1.165) is 59.4 Å². The van der Waals surface area contributed by atoms with Crippen molar-refractivity contribution in [1.82, 2.24) is 34.5 Å². The van der Waals surface area contributed by atoms with Crippen LogP contribution in [0.2, 0.25) is 0 Å². The molecule has 0 unspecified atom stereocenters. The quantitative estimate of drug-likeness (QED) is 0.366. The summed E-state index contributed by atoms with van der Waals surface area (Å²) in [5, 5.41) is 11.4. The van der Waals surface area contributed by atoms with Crippen LogP contribution in [0.25, 0.3) is 27.9 Å². The summed E-state index contributed by atoms with van der Waals surface area (Å²) in [4.78, 5) is 22.4. The summed E-state index contributed by atoms with van der Waals surface area (Å²) in [6.07, 6.45) is 11.1. The highest BCUT2D eigenvalue weighted by molar-refractivity contribution is 5.75. The van der Waals surface area contributed by atoms with Gasteiger partial charge in [0.1, 0.15) is 5.82 Å². The van der Waals surface area contributed by atoms with Gasteiger partial charge in [0, 0.05) is 30.0 Å². The van der Waals surface area contributed by atoms with Crippen molar-refractivity contribution in [2.75, 3.05) is 10.6 Å². The Balaban J connectivity index is 1.21. The van der Waals surface area contributed by atoms with E-state index in [2.05, 4.69) is 35.6 Å². The van der Waals surface area contributed by atoms with Crippen molar-refractivity contribution in [2.45, 2.75) is 37.8 Å². The lowest BCUT2D eigenvalue weighted by Crippen LogP contribution is -2.33. The van der Waals surface area contributed by atoms with Gasteiger partial charge >= 0.3 is 0 Å². The molecular weight excluding hydrogens is 428 g/mol. The highest BCUT2D eigenvalue weighted by Crippen LogP contribution is 2.23. The van der Waals surface area contributed by atoms with Crippen LogP contribution in [0.4, 0.5) is 17.6 Å². The smallest absolute Gasteiger partial charge is 0.228 e. The first-order valence-corrected chi connectivity index (χ1v) is 11.4. The standard InChI is InChI=1S/C24H24N10/c25-16-5-7-17(8-6-16)30-21-9-10-23-27-13-20(34(23)33-21)15-11-28-24(29-12-15)32-22-14-26-18-3-1-2-4-19(18)31-22/h1-4,9-14,16-17H,5-8,25H2,(H,30,33)(H,28,29,31,32)/t16-,17-. The number of nitrogens with two attached hydrogens (primary N) is 1. The Kier molecular flexibility index (Phi) is 5.19. The van der Waals surface area contributed by atoms with E-state index >= 15 is 0 Å². The van der Waals surface area contributed by atoms with E-state index in [9.17, 15) is 0 Å². The third kappa shape index (κ3) is 4.11. The molecule has 1 aromatic carbocycles. The minimum Gasteiger partial charge on any atom is -0.366 e. The molecule has 0 bridgehead atoms. The van der Waals surface area contributed by atoms with Crippen molar-refractivity contribution in [3.05, 3.63) is 61.2 Å². The summed E-state index contributed by atoms with van der Waals surface area (Å²) < 4.78 is 1.82. The maximum Gasteiger partial charge on any atom is 0.228 e. The molecule has 6 rings (SSSR count). The number of rotatable bonds is 5. The number of aromatic nitrogens is 7. The second-order valence-electron chi connectivity index (χ2n) is 8.55. The summed E-state index contributed by atoms with van der Waals surface area (Å²) in [6.45, 7) is 0. The van der Waals surface area contributed by atoms with Gasteiger partial charge in [-0.15, -0.1) is 5.10 Å². The van der Waals surface area contributed by atoms with E-state index in [1.807, 2.05) is 40.9 Å². The Bertz CT molecular complexity index is 1440. The van der Waals surface area contributed by atoms with E-state index in [4.69, 9.17) is 10.8 Å². The molecule has 0 aliphatic heterocycles. The predicted octanol–water partition coefficient (Wildman–Crippen LogP) is 3.55. The third-order valence-electron chi connectivity index (χ3n) is 6.12. The first kappa shape index (κ1) is 20.4. The number of fused-ring (bicyclic) bond motifs is 2. The summed E-state index contributed by atoms with van der Waals surface area (Å²) in [5.41, 5.74) is 10.1. The summed E-state index contributed by atoms with van der Waals surface area (Å²) in [6, 6.07) is 12.3. The van der Waals surface area contributed by atoms with Crippen LogP contribution in [0.5, 0.6) is 0 Å². The second-order valence-corrected chi connectivity index (χ2v) is 8.55. The Morgan fingerprint density at radius 1 is 0.794 bits per heavy atom. The molecule has 0 atom stereocenters. The number of hydrogen-bond acceptors (Lipinski definition) is 9. The van der Waals surface area contributed by atoms with Gasteiger partial charge in [-0.2, -0.15) is 0 Å². The summed E-state index contributed by atoms with van der Waals surface area (Å²) in [5.74, 6) is 1.84. The molecule has 10 nitrogen and oxygen atoms in total. The first-order chi connectivity index (χ1) is 16.7. The van der Waals surface area contributed by atoms with Crippen molar-refractivity contribution in [3.8, 4) is 11.3 Å². The lowest BCUT2D eigenvalue weighted by Gasteiger charge is -2.27. The molecule has 1 fully saturated rings. The van der Waals surface area contributed by atoms with Crippen LogP contribution < -0.4 is 16.4 Å². The molecule has 0 amide bonds. The molecule has 0 spiro atoms. The molecule has 170 valence electrons. The zero-order valence-electron chi connectivity index (χ0n) is 18.5. The molecule has 0 radical (unpaired) electrons. The van der Waals surface area contributed by atoms with Gasteiger partial charge in [-0.1, -0.05) is 12.1 Å². The van der Waals surface area contributed by atoms with E-state index in [1.54, 1.807) is 24.8 Å². The largest absolute Gasteiger partial charge is 0.366 e. The molecule has 1 aliphatic carbocycles. The maximum absolute atomic E-state index is 6.03. The lowest BCUT2D eigenvalue weighted by atomic mass is 9.92. The van der Waals surface area contributed by atoms with Crippen LogP contribution in [-0.4, -0.2) is 46.6 Å². The number of imidazole rings is 1. The monoisotopic (exact) mass is 452 g/mol. The van der Waals surface area contributed by atoms with Crippen molar-refractivity contribution < 1.29 is 0 Å². The zero-order valence-corrected chi connectivity index (χ0v) is 18.5. The van der Waals surface area contributed by atoms with Gasteiger partial charge in [-0.05, 0) is 49.9 Å². The molecule has 34 heavy (non-hydrogen) atoms. The number of benzene rings is 1. The Labute approximate surface area is 195 Å². The third-order valence-corrected chi connectivity index (χ3v) is 6.12. The van der Waals surface area contributed by atoms with Gasteiger partial charge in [-0.25, -0.2) is 24.5 Å². The molecule has 10 heteroatoms. The first-order valence-electron chi connectivity index (χ1n) is 11.4. The zero-order chi connectivity index (χ0) is 22.9. The molecule has 5 aromatic rings. The van der Waals surface area contributed by atoms with Crippen LogP contribution >= 0.6 is 0 Å². The summed E-state index contributed by atoms with van der Waals surface area (Å²) >= 11 is 0. The molecule has 4 N–H and O–H groups in total. The van der Waals surface area contributed by atoms with Gasteiger partial charge < -0.3 is 16.4 Å². The molecule has 0 saturated heterocycles.